The van der Waals surface area contributed by atoms with E-state index in [0.29, 0.717) is 6.42 Å². The summed E-state index contributed by atoms with van der Waals surface area (Å²) in [6, 6.07) is 7.74. The van der Waals surface area contributed by atoms with Crippen molar-refractivity contribution in [3.8, 4) is 0 Å². The summed E-state index contributed by atoms with van der Waals surface area (Å²) in [6.45, 7) is 5.69. The molecule has 4 nitrogen and oxygen atoms in total. The molecule has 2 rings (SSSR count). The van der Waals surface area contributed by atoms with Crippen LogP contribution >= 0.6 is 0 Å². The molecular formula is C17H23NO3. The summed E-state index contributed by atoms with van der Waals surface area (Å²) >= 11 is 0. The predicted molar refractivity (Wildman–Crippen MR) is 81.3 cm³/mol. The Kier molecular flexibility index (Phi) is 4.78. The maximum absolute atomic E-state index is 12.2. The molecule has 1 N–H and O–H groups in total. The number of hydrogen-bond acceptors (Lipinski definition) is 3. The highest BCUT2D eigenvalue weighted by atomic mass is 16.4. The van der Waals surface area contributed by atoms with Crippen LogP contribution in [0.5, 0.6) is 0 Å². The summed E-state index contributed by atoms with van der Waals surface area (Å²) in [4.78, 5) is 25.0. The van der Waals surface area contributed by atoms with Gasteiger partial charge in [0, 0.05) is 19.5 Å². The van der Waals surface area contributed by atoms with Crippen LogP contribution < -0.4 is 0 Å². The summed E-state index contributed by atoms with van der Waals surface area (Å²) in [7, 11) is 0. The average Bonchev–Trinajstić information content (AvgIpc) is 2.40. The lowest BCUT2D eigenvalue weighted by atomic mass is 9.77. The zero-order valence-corrected chi connectivity index (χ0v) is 12.7. The topological polar surface area (TPSA) is 57.6 Å². The van der Waals surface area contributed by atoms with Gasteiger partial charge in [0.25, 0.3) is 0 Å². The zero-order chi connectivity index (χ0) is 15.5. The van der Waals surface area contributed by atoms with Gasteiger partial charge in [0.1, 0.15) is 11.8 Å². The molecule has 1 unspecified atom stereocenters. The van der Waals surface area contributed by atoms with Gasteiger partial charge in [-0.25, -0.2) is 4.79 Å². The molecule has 0 saturated carbocycles. The summed E-state index contributed by atoms with van der Waals surface area (Å²) in [5.74, 6) is -0.602. The molecule has 1 aliphatic rings. The van der Waals surface area contributed by atoms with Crippen LogP contribution in [-0.4, -0.2) is 35.4 Å². The van der Waals surface area contributed by atoms with Crippen molar-refractivity contribution in [2.24, 2.45) is 0 Å². The Labute approximate surface area is 125 Å². The average molecular weight is 289 g/mol. The molecule has 0 bridgehead atoms. The van der Waals surface area contributed by atoms with Crippen molar-refractivity contribution >= 4 is 12.3 Å². The number of nitrogens with zero attached hydrogens (tertiary/aromatic N) is 1. The number of aliphatic carboxylic acids is 1. The number of likely N-dealkylation sites (tertiary alicyclic amines) is 1. The van der Waals surface area contributed by atoms with Gasteiger partial charge in [-0.2, -0.15) is 0 Å². The van der Waals surface area contributed by atoms with Crippen LogP contribution in [0.4, 0.5) is 0 Å². The second-order valence-corrected chi connectivity index (χ2v) is 5.95. The van der Waals surface area contributed by atoms with E-state index in [4.69, 9.17) is 0 Å². The van der Waals surface area contributed by atoms with Crippen molar-refractivity contribution in [2.45, 2.75) is 44.6 Å². The molecule has 1 aromatic carbocycles. The molecule has 0 amide bonds. The SMILES string of the molecule is CC(C)c1ccccc1C(CCC=O)(C(=O)O)N1CCC1. The molecule has 0 radical (unpaired) electrons. The summed E-state index contributed by atoms with van der Waals surface area (Å²) < 4.78 is 0. The van der Waals surface area contributed by atoms with E-state index in [-0.39, 0.29) is 12.3 Å². The van der Waals surface area contributed by atoms with E-state index in [0.717, 1.165) is 36.9 Å². The Hall–Kier alpha value is -1.68. The second-order valence-electron chi connectivity index (χ2n) is 5.95. The molecule has 1 aliphatic heterocycles. The van der Waals surface area contributed by atoms with Gasteiger partial charge in [-0.1, -0.05) is 38.1 Å². The van der Waals surface area contributed by atoms with Gasteiger partial charge < -0.3 is 9.90 Å². The zero-order valence-electron chi connectivity index (χ0n) is 12.7. The highest BCUT2D eigenvalue weighted by Crippen LogP contribution is 2.40. The molecule has 0 spiro atoms. The molecule has 4 heteroatoms. The minimum Gasteiger partial charge on any atom is -0.480 e. The van der Waals surface area contributed by atoms with Gasteiger partial charge in [0.15, 0.2) is 0 Å². The third kappa shape index (κ3) is 2.72. The van der Waals surface area contributed by atoms with E-state index in [1.165, 1.54) is 0 Å². The quantitative estimate of drug-likeness (QED) is 0.784. The third-order valence-corrected chi connectivity index (χ3v) is 4.40. The molecule has 114 valence electrons. The van der Waals surface area contributed by atoms with Crippen LogP contribution in [-0.2, 0) is 15.1 Å². The number of benzene rings is 1. The maximum atomic E-state index is 12.2. The van der Waals surface area contributed by atoms with E-state index in [9.17, 15) is 14.7 Å². The van der Waals surface area contributed by atoms with E-state index in [1.54, 1.807) is 0 Å². The first kappa shape index (κ1) is 15.7. The van der Waals surface area contributed by atoms with Gasteiger partial charge in [0.2, 0.25) is 0 Å². The molecule has 1 fully saturated rings. The van der Waals surface area contributed by atoms with Crippen LogP contribution in [0.2, 0.25) is 0 Å². The summed E-state index contributed by atoms with van der Waals surface area (Å²) in [6.07, 6.45) is 2.42. The van der Waals surface area contributed by atoms with E-state index >= 15 is 0 Å². The van der Waals surface area contributed by atoms with Gasteiger partial charge >= 0.3 is 5.97 Å². The lowest BCUT2D eigenvalue weighted by molar-refractivity contribution is -0.157. The van der Waals surface area contributed by atoms with Crippen molar-refractivity contribution in [1.82, 2.24) is 4.90 Å². The smallest absolute Gasteiger partial charge is 0.328 e. The van der Waals surface area contributed by atoms with Crippen LogP contribution in [0.25, 0.3) is 0 Å². The van der Waals surface area contributed by atoms with Crippen molar-refractivity contribution in [3.05, 3.63) is 35.4 Å². The first-order valence-corrected chi connectivity index (χ1v) is 7.55. The Morgan fingerprint density at radius 1 is 1.38 bits per heavy atom. The molecule has 1 aromatic rings. The van der Waals surface area contributed by atoms with Crippen LogP contribution in [0, 0.1) is 0 Å². The molecule has 1 heterocycles. The summed E-state index contributed by atoms with van der Waals surface area (Å²) in [5, 5.41) is 9.99. The number of carboxylic acids is 1. The largest absolute Gasteiger partial charge is 0.480 e. The number of carbonyl (C=O) groups is 2. The Bertz CT molecular complexity index is 523. The number of hydrogen-bond donors (Lipinski definition) is 1. The highest BCUT2D eigenvalue weighted by molar-refractivity contribution is 5.82. The van der Waals surface area contributed by atoms with E-state index in [2.05, 4.69) is 13.8 Å². The number of aldehydes is 1. The monoisotopic (exact) mass is 289 g/mol. The normalized spacial score (nSPS) is 18.0. The second kappa shape index (κ2) is 6.39. The minimum atomic E-state index is -1.07. The first-order valence-electron chi connectivity index (χ1n) is 7.55. The van der Waals surface area contributed by atoms with Gasteiger partial charge in [-0.3, -0.25) is 4.90 Å². The number of rotatable bonds is 7. The lowest BCUT2D eigenvalue weighted by Gasteiger charge is -2.47. The van der Waals surface area contributed by atoms with E-state index < -0.39 is 11.5 Å². The molecule has 0 aromatic heterocycles. The van der Waals surface area contributed by atoms with E-state index in [1.807, 2.05) is 29.2 Å². The maximum Gasteiger partial charge on any atom is 0.328 e. The molecule has 1 atom stereocenters. The van der Waals surface area contributed by atoms with Crippen LogP contribution in [0.15, 0.2) is 24.3 Å². The Morgan fingerprint density at radius 3 is 2.52 bits per heavy atom. The fourth-order valence-corrected chi connectivity index (χ4v) is 3.16. The molecule has 21 heavy (non-hydrogen) atoms. The molecular weight excluding hydrogens is 266 g/mol. The van der Waals surface area contributed by atoms with Crippen molar-refractivity contribution < 1.29 is 14.7 Å². The van der Waals surface area contributed by atoms with Crippen molar-refractivity contribution in [1.29, 1.82) is 0 Å². The third-order valence-electron chi connectivity index (χ3n) is 4.40. The Morgan fingerprint density at radius 2 is 2.05 bits per heavy atom. The van der Waals surface area contributed by atoms with Gasteiger partial charge in [-0.15, -0.1) is 0 Å². The highest BCUT2D eigenvalue weighted by Gasteiger charge is 2.48. The first-order chi connectivity index (χ1) is 10.0. The van der Waals surface area contributed by atoms with Gasteiger partial charge in [-0.05, 0) is 29.9 Å². The minimum absolute atomic E-state index is 0.248. The standard InChI is InChI=1S/C17H23NO3/c1-13(2)14-7-3-4-8-15(14)17(16(20)21,9-5-12-19)18-10-6-11-18/h3-4,7-8,12-13H,5-6,9-11H2,1-2H3,(H,20,21). The fourth-order valence-electron chi connectivity index (χ4n) is 3.16. The number of carboxylic acid groups (broad SMARTS) is 1. The fraction of sp³-hybridized carbons (Fsp3) is 0.529. The van der Waals surface area contributed by atoms with Crippen molar-refractivity contribution in [2.75, 3.05) is 13.1 Å². The lowest BCUT2D eigenvalue weighted by Crippen LogP contribution is -2.58. The summed E-state index contributed by atoms with van der Waals surface area (Å²) in [5.41, 5.74) is 0.826. The predicted octanol–water partition coefficient (Wildman–Crippen LogP) is 2.77. The Balaban J connectivity index is 2.57. The molecule has 1 saturated heterocycles. The van der Waals surface area contributed by atoms with Crippen LogP contribution in [0.1, 0.15) is 50.2 Å². The van der Waals surface area contributed by atoms with Gasteiger partial charge in [0.05, 0.1) is 0 Å². The van der Waals surface area contributed by atoms with Crippen molar-refractivity contribution in [3.63, 3.8) is 0 Å². The molecule has 0 aliphatic carbocycles. The van der Waals surface area contributed by atoms with Crippen LogP contribution in [0.3, 0.4) is 0 Å². The number of carbonyl (C=O) groups excluding carboxylic acids is 1.